The van der Waals surface area contributed by atoms with Gasteiger partial charge in [-0.1, -0.05) is 6.07 Å². The number of aliphatic carboxylic acids is 1. The average molecular weight is 395 g/mol. The number of aromatic nitrogens is 6. The van der Waals surface area contributed by atoms with E-state index in [1.54, 1.807) is 18.6 Å². The Hall–Kier alpha value is -3.76. The third kappa shape index (κ3) is 4.57. The topological polar surface area (TPSA) is 125 Å². The number of hydrogen-bond acceptors (Lipinski definition) is 9. The molecule has 1 saturated heterocycles. The highest BCUT2D eigenvalue weighted by Crippen LogP contribution is 2.20. The molecule has 4 rings (SSSR count). The van der Waals surface area contributed by atoms with Crippen LogP contribution >= 0.6 is 0 Å². The second kappa shape index (κ2) is 8.50. The van der Waals surface area contributed by atoms with Gasteiger partial charge in [0.1, 0.15) is 11.6 Å². The summed E-state index contributed by atoms with van der Waals surface area (Å²) in [6, 6.07) is 7.73. The van der Waals surface area contributed by atoms with Crippen LogP contribution in [-0.2, 0) is 4.79 Å². The molecule has 150 valence electrons. The SMILES string of the molecule is O=C(O)CCNc1nc(N2CCN(c3ccccn3)CC2)cc(-n2nccn2)n1. The van der Waals surface area contributed by atoms with Gasteiger partial charge in [0.25, 0.3) is 0 Å². The van der Waals surface area contributed by atoms with Gasteiger partial charge in [-0.05, 0) is 12.1 Å². The van der Waals surface area contributed by atoms with E-state index in [4.69, 9.17) is 5.11 Å². The number of carboxylic acids is 1. The van der Waals surface area contributed by atoms with Crippen LogP contribution in [0.25, 0.3) is 5.82 Å². The van der Waals surface area contributed by atoms with E-state index in [1.807, 2.05) is 24.3 Å². The molecule has 0 radical (unpaired) electrons. The summed E-state index contributed by atoms with van der Waals surface area (Å²) in [6.45, 7) is 3.41. The van der Waals surface area contributed by atoms with E-state index in [1.165, 1.54) is 4.80 Å². The minimum Gasteiger partial charge on any atom is -0.481 e. The molecule has 11 heteroatoms. The lowest BCUT2D eigenvalue weighted by Gasteiger charge is -2.36. The molecule has 11 nitrogen and oxygen atoms in total. The van der Waals surface area contributed by atoms with E-state index in [0.717, 1.165) is 37.8 Å². The van der Waals surface area contributed by atoms with Gasteiger partial charge in [0.05, 0.1) is 18.8 Å². The molecular formula is C18H21N9O2. The quantitative estimate of drug-likeness (QED) is 0.589. The third-order valence-electron chi connectivity index (χ3n) is 4.52. The van der Waals surface area contributed by atoms with Crippen molar-refractivity contribution in [2.24, 2.45) is 0 Å². The molecule has 1 aliphatic heterocycles. The zero-order valence-electron chi connectivity index (χ0n) is 15.7. The van der Waals surface area contributed by atoms with E-state index >= 15 is 0 Å². The van der Waals surface area contributed by atoms with E-state index in [0.29, 0.717) is 11.8 Å². The smallest absolute Gasteiger partial charge is 0.305 e. The summed E-state index contributed by atoms with van der Waals surface area (Å²) >= 11 is 0. The fourth-order valence-corrected chi connectivity index (χ4v) is 3.09. The van der Waals surface area contributed by atoms with Gasteiger partial charge in [0.2, 0.25) is 5.95 Å². The normalized spacial score (nSPS) is 14.1. The summed E-state index contributed by atoms with van der Waals surface area (Å²) in [7, 11) is 0. The minimum atomic E-state index is -0.881. The molecular weight excluding hydrogens is 374 g/mol. The van der Waals surface area contributed by atoms with Crippen LogP contribution in [0.2, 0.25) is 0 Å². The van der Waals surface area contributed by atoms with Crippen LogP contribution in [0, 0.1) is 0 Å². The molecule has 29 heavy (non-hydrogen) atoms. The first-order valence-corrected chi connectivity index (χ1v) is 9.31. The maximum Gasteiger partial charge on any atom is 0.305 e. The molecule has 2 N–H and O–H groups in total. The van der Waals surface area contributed by atoms with Gasteiger partial charge in [-0.2, -0.15) is 20.2 Å². The van der Waals surface area contributed by atoms with Crippen molar-refractivity contribution in [2.75, 3.05) is 47.8 Å². The monoisotopic (exact) mass is 395 g/mol. The molecule has 4 heterocycles. The Kier molecular flexibility index (Phi) is 5.45. The van der Waals surface area contributed by atoms with Crippen molar-refractivity contribution >= 4 is 23.6 Å². The van der Waals surface area contributed by atoms with Crippen LogP contribution < -0.4 is 15.1 Å². The highest BCUT2D eigenvalue weighted by atomic mass is 16.4. The molecule has 0 atom stereocenters. The lowest BCUT2D eigenvalue weighted by molar-refractivity contribution is -0.136. The number of hydrogen-bond donors (Lipinski definition) is 2. The van der Waals surface area contributed by atoms with Crippen LogP contribution in [0.15, 0.2) is 42.9 Å². The average Bonchev–Trinajstić information content (AvgIpc) is 3.29. The van der Waals surface area contributed by atoms with E-state index < -0.39 is 5.97 Å². The fourth-order valence-electron chi connectivity index (χ4n) is 3.09. The van der Waals surface area contributed by atoms with Crippen LogP contribution in [0.5, 0.6) is 0 Å². The summed E-state index contributed by atoms with van der Waals surface area (Å²) < 4.78 is 0. The second-order valence-corrected chi connectivity index (χ2v) is 6.46. The summed E-state index contributed by atoms with van der Waals surface area (Å²) in [5.41, 5.74) is 0. The van der Waals surface area contributed by atoms with Gasteiger partial charge in [0, 0.05) is 45.0 Å². The molecule has 0 amide bonds. The molecule has 0 unspecified atom stereocenters. The molecule has 1 aliphatic rings. The van der Waals surface area contributed by atoms with Crippen molar-refractivity contribution in [3.8, 4) is 5.82 Å². The van der Waals surface area contributed by atoms with Gasteiger partial charge >= 0.3 is 5.97 Å². The Balaban J connectivity index is 1.51. The standard InChI is InChI=1S/C18H21N9O2/c28-17(29)4-6-20-18-23-15(13-16(24-18)27-21-7-8-22-27)26-11-9-25(10-12-26)14-3-1-2-5-19-14/h1-3,5,7-8,13H,4,6,9-12H2,(H,28,29)(H,20,23,24). The molecule has 0 aromatic carbocycles. The number of pyridine rings is 1. The Labute approximate surface area is 167 Å². The Morgan fingerprint density at radius 2 is 1.66 bits per heavy atom. The van der Waals surface area contributed by atoms with Gasteiger partial charge in [0.15, 0.2) is 5.82 Å². The van der Waals surface area contributed by atoms with Gasteiger partial charge in [-0.3, -0.25) is 4.79 Å². The van der Waals surface area contributed by atoms with E-state index in [9.17, 15) is 4.79 Å². The Morgan fingerprint density at radius 1 is 0.966 bits per heavy atom. The van der Waals surface area contributed by atoms with Crippen LogP contribution in [-0.4, -0.2) is 73.7 Å². The molecule has 0 aliphatic carbocycles. The maximum absolute atomic E-state index is 10.8. The number of nitrogens with zero attached hydrogens (tertiary/aromatic N) is 8. The predicted molar refractivity (Wildman–Crippen MR) is 106 cm³/mol. The molecule has 0 spiro atoms. The molecule has 3 aromatic heterocycles. The lowest BCUT2D eigenvalue weighted by Crippen LogP contribution is -2.47. The zero-order chi connectivity index (χ0) is 20.1. The predicted octanol–water partition coefficient (Wildman–Crippen LogP) is 0.665. The van der Waals surface area contributed by atoms with Crippen molar-refractivity contribution in [2.45, 2.75) is 6.42 Å². The van der Waals surface area contributed by atoms with Gasteiger partial charge in [-0.25, -0.2) is 4.98 Å². The molecule has 1 fully saturated rings. The summed E-state index contributed by atoms with van der Waals surface area (Å²) in [6.07, 6.45) is 4.92. The lowest BCUT2D eigenvalue weighted by atomic mass is 10.3. The minimum absolute atomic E-state index is 0.0221. The van der Waals surface area contributed by atoms with Crippen LogP contribution in [0.4, 0.5) is 17.6 Å². The van der Waals surface area contributed by atoms with Gasteiger partial charge < -0.3 is 20.2 Å². The Bertz CT molecular complexity index is 941. The number of nitrogens with one attached hydrogen (secondary N) is 1. The number of carboxylic acid groups (broad SMARTS) is 1. The van der Waals surface area contributed by atoms with Crippen molar-refractivity contribution in [1.29, 1.82) is 0 Å². The first-order chi connectivity index (χ1) is 14.2. The third-order valence-corrected chi connectivity index (χ3v) is 4.52. The summed E-state index contributed by atoms with van der Waals surface area (Å²) in [4.78, 5) is 30.0. The Morgan fingerprint density at radius 3 is 2.31 bits per heavy atom. The number of carbonyl (C=O) groups is 1. The molecule has 0 bridgehead atoms. The number of piperazine rings is 1. The highest BCUT2D eigenvalue weighted by molar-refractivity contribution is 5.67. The maximum atomic E-state index is 10.8. The van der Waals surface area contributed by atoms with Crippen molar-refractivity contribution < 1.29 is 9.90 Å². The van der Waals surface area contributed by atoms with Crippen LogP contribution in [0.1, 0.15) is 6.42 Å². The first kappa shape index (κ1) is 18.6. The largest absolute Gasteiger partial charge is 0.481 e. The van der Waals surface area contributed by atoms with Gasteiger partial charge in [-0.15, -0.1) is 4.80 Å². The molecule has 0 saturated carbocycles. The summed E-state index contributed by atoms with van der Waals surface area (Å²) in [5, 5.41) is 20.1. The first-order valence-electron chi connectivity index (χ1n) is 9.31. The van der Waals surface area contributed by atoms with Crippen molar-refractivity contribution in [3.05, 3.63) is 42.9 Å². The second-order valence-electron chi connectivity index (χ2n) is 6.46. The molecule has 3 aromatic rings. The van der Waals surface area contributed by atoms with Crippen molar-refractivity contribution in [3.63, 3.8) is 0 Å². The number of anilines is 3. The van der Waals surface area contributed by atoms with Crippen LogP contribution in [0.3, 0.4) is 0 Å². The highest BCUT2D eigenvalue weighted by Gasteiger charge is 2.20. The van der Waals surface area contributed by atoms with E-state index in [2.05, 4.69) is 40.3 Å². The van der Waals surface area contributed by atoms with Crippen molar-refractivity contribution in [1.82, 2.24) is 29.9 Å². The number of rotatable bonds is 7. The summed E-state index contributed by atoms with van der Waals surface area (Å²) in [5.74, 6) is 1.69. The van der Waals surface area contributed by atoms with E-state index in [-0.39, 0.29) is 13.0 Å². The zero-order valence-corrected chi connectivity index (χ0v) is 15.7. The fraction of sp³-hybridized carbons (Fsp3) is 0.333.